The van der Waals surface area contributed by atoms with Crippen molar-refractivity contribution >= 4 is 17.8 Å². The number of amides is 2. The predicted octanol–water partition coefficient (Wildman–Crippen LogP) is 5.92. The highest BCUT2D eigenvalue weighted by molar-refractivity contribution is 6.02. The molecular weight excluding hydrogens is 476 g/mol. The van der Waals surface area contributed by atoms with Gasteiger partial charge in [0.15, 0.2) is 0 Å². The highest BCUT2D eigenvalue weighted by Gasteiger charge is 2.56. The Kier molecular flexibility index (Phi) is 6.28. The van der Waals surface area contributed by atoms with Crippen molar-refractivity contribution in [1.29, 1.82) is 0 Å². The van der Waals surface area contributed by atoms with Crippen LogP contribution < -0.4 is 5.32 Å². The maximum atomic E-state index is 13.6. The SMILES string of the molecule is [C-]#[N+]c1c(-c2ccccc2C(=O)N[C@H]2C[C@@H]3C[C@H]([C@@H]2C)C3(C)C)nnn1C(=O)N1CCCC2CCCCC21. The summed E-state index contributed by atoms with van der Waals surface area (Å²) in [6.45, 7) is 15.5. The molecule has 2 amide bonds. The van der Waals surface area contributed by atoms with Gasteiger partial charge in [-0.25, -0.2) is 4.79 Å². The third-order valence-electron chi connectivity index (χ3n) is 10.5. The van der Waals surface area contributed by atoms with E-state index in [2.05, 4.69) is 41.2 Å². The van der Waals surface area contributed by atoms with E-state index < -0.39 is 0 Å². The molecule has 5 fully saturated rings. The second-order valence-electron chi connectivity index (χ2n) is 12.6. The molecule has 1 aromatic carbocycles. The van der Waals surface area contributed by atoms with Crippen LogP contribution in [-0.4, -0.2) is 50.5 Å². The van der Waals surface area contributed by atoms with Gasteiger partial charge in [-0.3, -0.25) is 4.79 Å². The number of hydrogen-bond donors (Lipinski definition) is 1. The summed E-state index contributed by atoms with van der Waals surface area (Å²) in [6, 6.07) is 7.30. The largest absolute Gasteiger partial charge is 0.423 e. The zero-order chi connectivity index (χ0) is 26.6. The lowest BCUT2D eigenvalue weighted by Gasteiger charge is -2.62. The van der Waals surface area contributed by atoms with Gasteiger partial charge < -0.3 is 15.1 Å². The Labute approximate surface area is 225 Å². The molecule has 6 atom stereocenters. The molecule has 1 aromatic heterocycles. The Hall–Kier alpha value is -3.21. The normalized spacial score (nSPS) is 31.5. The molecular formula is C30H38N6O2. The zero-order valence-corrected chi connectivity index (χ0v) is 22.7. The van der Waals surface area contributed by atoms with Crippen LogP contribution in [0.5, 0.6) is 0 Å². The number of likely N-dealkylation sites (tertiary alicyclic amines) is 1. The molecule has 200 valence electrons. The first-order valence-electron chi connectivity index (χ1n) is 14.4. The second-order valence-corrected chi connectivity index (χ2v) is 12.6. The molecule has 0 spiro atoms. The number of hydrogen-bond acceptors (Lipinski definition) is 4. The van der Waals surface area contributed by atoms with Gasteiger partial charge in [0.25, 0.3) is 11.7 Å². The summed E-state index contributed by atoms with van der Waals surface area (Å²) in [5, 5.41) is 11.8. The highest BCUT2D eigenvalue weighted by Crippen LogP contribution is 2.61. The van der Waals surface area contributed by atoms with Crippen LogP contribution in [0.4, 0.5) is 10.6 Å². The number of aromatic nitrogens is 3. The van der Waals surface area contributed by atoms with Gasteiger partial charge in [-0.1, -0.05) is 63.1 Å². The van der Waals surface area contributed by atoms with Gasteiger partial charge in [-0.15, -0.1) is 5.10 Å². The van der Waals surface area contributed by atoms with Crippen LogP contribution in [0.25, 0.3) is 16.1 Å². The molecule has 2 bridgehead atoms. The third kappa shape index (κ3) is 3.93. The van der Waals surface area contributed by atoms with Gasteiger partial charge in [-0.2, -0.15) is 0 Å². The summed E-state index contributed by atoms with van der Waals surface area (Å²) in [5.41, 5.74) is 1.64. The van der Waals surface area contributed by atoms with Crippen molar-refractivity contribution in [2.24, 2.45) is 29.1 Å². The van der Waals surface area contributed by atoms with Crippen molar-refractivity contribution in [2.45, 2.75) is 84.2 Å². The fourth-order valence-electron chi connectivity index (χ4n) is 8.14. The second kappa shape index (κ2) is 9.52. The maximum absolute atomic E-state index is 13.6. The highest BCUT2D eigenvalue weighted by atomic mass is 16.2. The van der Waals surface area contributed by atoms with Crippen LogP contribution in [0.2, 0.25) is 0 Å². The minimum absolute atomic E-state index is 0.0715. The molecule has 1 saturated heterocycles. The number of fused-ring (bicyclic) bond motifs is 3. The molecule has 4 saturated carbocycles. The summed E-state index contributed by atoms with van der Waals surface area (Å²) >= 11 is 0. The minimum Gasteiger partial charge on any atom is -0.360 e. The van der Waals surface area contributed by atoms with E-state index in [9.17, 15) is 9.59 Å². The standard InChI is InChI=1S/C30H38N6O2/c1-18-23-16-20(30(23,2)3)17-24(18)32-28(37)22-13-7-6-12-21(22)26-27(31-4)36(34-33-26)29(38)35-15-9-11-19-10-5-8-14-25(19)35/h6-7,12-13,18-20,23-25H,5,8-11,14-17H2,1-3H3,(H,32,37)/t18-,19?,20-,23+,24-,25?/m0/s1. The summed E-state index contributed by atoms with van der Waals surface area (Å²) < 4.78 is 1.16. The van der Waals surface area contributed by atoms with E-state index >= 15 is 0 Å². The number of nitrogens with zero attached hydrogens (tertiary/aromatic N) is 5. The fourth-order valence-corrected chi connectivity index (χ4v) is 8.14. The Balaban J connectivity index is 1.26. The summed E-state index contributed by atoms with van der Waals surface area (Å²) in [5.74, 6) is 2.12. The number of nitrogens with one attached hydrogen (secondary N) is 1. The molecule has 8 nitrogen and oxygen atoms in total. The molecule has 5 aliphatic rings. The van der Waals surface area contributed by atoms with Crippen molar-refractivity contribution in [2.75, 3.05) is 6.54 Å². The van der Waals surface area contributed by atoms with E-state index in [1.165, 1.54) is 12.8 Å². The lowest BCUT2D eigenvalue weighted by molar-refractivity contribution is -0.113. The molecule has 2 unspecified atom stereocenters. The number of carbonyl (C=O) groups excluding carboxylic acids is 2. The van der Waals surface area contributed by atoms with Crippen molar-refractivity contribution in [3.8, 4) is 11.3 Å². The summed E-state index contributed by atoms with van der Waals surface area (Å²) in [6.07, 6.45) is 8.90. The van der Waals surface area contributed by atoms with Crippen molar-refractivity contribution < 1.29 is 9.59 Å². The van der Waals surface area contributed by atoms with Gasteiger partial charge in [0.05, 0.1) is 0 Å². The van der Waals surface area contributed by atoms with E-state index in [-0.39, 0.29) is 35.5 Å². The van der Waals surface area contributed by atoms with Crippen LogP contribution >= 0.6 is 0 Å². The van der Waals surface area contributed by atoms with E-state index in [0.29, 0.717) is 46.8 Å². The average molecular weight is 515 g/mol. The molecule has 8 heteroatoms. The van der Waals surface area contributed by atoms with Gasteiger partial charge in [0.2, 0.25) is 0 Å². The number of carbonyl (C=O) groups is 2. The maximum Gasteiger partial charge on any atom is 0.423 e. The molecule has 4 aliphatic carbocycles. The molecule has 0 radical (unpaired) electrons. The average Bonchev–Trinajstić information content (AvgIpc) is 3.37. The molecule has 1 N–H and O–H groups in total. The molecule has 38 heavy (non-hydrogen) atoms. The first-order chi connectivity index (χ1) is 18.3. The van der Waals surface area contributed by atoms with Crippen LogP contribution in [0.1, 0.15) is 82.5 Å². The van der Waals surface area contributed by atoms with Gasteiger partial charge >= 0.3 is 6.03 Å². The van der Waals surface area contributed by atoms with E-state index in [1.807, 2.05) is 17.0 Å². The van der Waals surface area contributed by atoms with Crippen molar-refractivity contribution in [3.05, 3.63) is 41.2 Å². The van der Waals surface area contributed by atoms with Crippen molar-refractivity contribution in [1.82, 2.24) is 25.2 Å². The number of rotatable bonds is 3. The zero-order valence-electron chi connectivity index (χ0n) is 22.7. The Morgan fingerprint density at radius 3 is 2.63 bits per heavy atom. The lowest BCUT2D eigenvalue weighted by Crippen LogP contribution is -2.60. The molecule has 7 rings (SSSR count). The monoisotopic (exact) mass is 514 g/mol. The molecule has 2 aromatic rings. The first-order valence-corrected chi connectivity index (χ1v) is 14.4. The van der Waals surface area contributed by atoms with Crippen LogP contribution in [0.3, 0.4) is 0 Å². The Morgan fingerprint density at radius 1 is 1.11 bits per heavy atom. The van der Waals surface area contributed by atoms with Crippen LogP contribution in [0.15, 0.2) is 24.3 Å². The summed E-state index contributed by atoms with van der Waals surface area (Å²) in [7, 11) is 0. The minimum atomic E-state index is -0.272. The Morgan fingerprint density at radius 2 is 1.87 bits per heavy atom. The number of piperidine rings is 1. The molecule has 1 aliphatic heterocycles. The van der Waals surface area contributed by atoms with Crippen LogP contribution in [-0.2, 0) is 0 Å². The smallest absolute Gasteiger partial charge is 0.360 e. The van der Waals surface area contributed by atoms with Gasteiger partial charge in [0, 0.05) is 35.0 Å². The van der Waals surface area contributed by atoms with Crippen molar-refractivity contribution in [3.63, 3.8) is 0 Å². The lowest BCUT2D eigenvalue weighted by atomic mass is 9.45. The fraction of sp³-hybridized carbons (Fsp3) is 0.633. The quantitative estimate of drug-likeness (QED) is 0.516. The molecule has 2 heterocycles. The third-order valence-corrected chi connectivity index (χ3v) is 10.5. The van der Waals surface area contributed by atoms with E-state index in [1.54, 1.807) is 12.1 Å². The van der Waals surface area contributed by atoms with E-state index in [0.717, 1.165) is 43.2 Å². The topological polar surface area (TPSA) is 84.5 Å². The Bertz CT molecular complexity index is 1290. The van der Waals surface area contributed by atoms with E-state index in [4.69, 9.17) is 6.57 Å². The first kappa shape index (κ1) is 25.1. The predicted molar refractivity (Wildman–Crippen MR) is 145 cm³/mol. The van der Waals surface area contributed by atoms with Gasteiger partial charge in [-0.05, 0) is 73.7 Å². The van der Waals surface area contributed by atoms with Gasteiger partial charge in [0.1, 0.15) is 5.69 Å². The van der Waals surface area contributed by atoms with Crippen LogP contribution in [0, 0.1) is 35.7 Å². The number of benzene rings is 1. The summed E-state index contributed by atoms with van der Waals surface area (Å²) in [4.78, 5) is 32.8.